The minimum atomic E-state index is -1.06. The predicted molar refractivity (Wildman–Crippen MR) is 101 cm³/mol. The molecule has 7 nitrogen and oxygen atoms in total. The number of benzene rings is 2. The normalized spacial score (nSPS) is 11.3. The van der Waals surface area contributed by atoms with E-state index in [0.717, 1.165) is 0 Å². The molecule has 0 aliphatic carbocycles. The molecule has 1 atom stereocenters. The molecule has 2 aromatic rings. The molecular weight excluding hydrogens is 374 g/mol. The number of hydrogen-bond donors (Lipinski definition) is 1. The van der Waals surface area contributed by atoms with Crippen molar-refractivity contribution in [2.75, 3.05) is 26.6 Å². The molecule has 0 fully saturated rings. The number of nitrogens with one attached hydrogen (secondary N) is 1. The van der Waals surface area contributed by atoms with E-state index in [0.29, 0.717) is 16.5 Å². The molecule has 0 bridgehead atoms. The number of hydrogen-bond acceptors (Lipinski definition) is 6. The average molecular weight is 394 g/mol. The fraction of sp³-hybridized carbons (Fsp3) is 0.263. The Morgan fingerprint density at radius 1 is 0.963 bits per heavy atom. The lowest BCUT2D eigenvalue weighted by molar-refractivity contribution is -0.123. The van der Waals surface area contributed by atoms with Gasteiger partial charge in [-0.1, -0.05) is 23.7 Å². The molecule has 0 saturated carbocycles. The number of amides is 1. The summed E-state index contributed by atoms with van der Waals surface area (Å²) in [6, 6.07) is 9.78. The second kappa shape index (κ2) is 9.14. The highest BCUT2D eigenvalue weighted by Crippen LogP contribution is 2.40. The Morgan fingerprint density at radius 3 is 2.22 bits per heavy atom. The van der Waals surface area contributed by atoms with E-state index in [1.807, 2.05) is 0 Å². The summed E-state index contributed by atoms with van der Waals surface area (Å²) < 4.78 is 20.9. The Bertz CT molecular complexity index is 839. The Hall–Kier alpha value is -2.93. The summed E-state index contributed by atoms with van der Waals surface area (Å²) in [5.41, 5.74) is 0.531. The second-order valence-electron chi connectivity index (χ2n) is 5.40. The summed E-state index contributed by atoms with van der Waals surface area (Å²) in [4.78, 5) is 24.8. The largest absolute Gasteiger partial charge is 0.493 e. The summed E-state index contributed by atoms with van der Waals surface area (Å²) in [6.45, 7) is 1.46. The Balaban J connectivity index is 2.16. The van der Waals surface area contributed by atoms with Crippen molar-refractivity contribution >= 4 is 29.2 Å². The lowest BCUT2D eigenvalue weighted by atomic mass is 10.1. The topological polar surface area (TPSA) is 83.1 Å². The van der Waals surface area contributed by atoms with Gasteiger partial charge in [-0.3, -0.25) is 4.79 Å². The first-order valence-corrected chi connectivity index (χ1v) is 8.36. The van der Waals surface area contributed by atoms with Gasteiger partial charge < -0.3 is 24.3 Å². The number of ether oxygens (including phenoxy) is 4. The minimum Gasteiger partial charge on any atom is -0.493 e. The van der Waals surface area contributed by atoms with E-state index in [9.17, 15) is 9.59 Å². The van der Waals surface area contributed by atoms with E-state index >= 15 is 0 Å². The van der Waals surface area contributed by atoms with Gasteiger partial charge in [0.05, 0.1) is 32.0 Å². The van der Waals surface area contributed by atoms with Crippen LogP contribution in [-0.4, -0.2) is 39.3 Å². The van der Waals surface area contributed by atoms with Crippen molar-refractivity contribution in [1.82, 2.24) is 0 Å². The molecule has 27 heavy (non-hydrogen) atoms. The summed E-state index contributed by atoms with van der Waals surface area (Å²) in [7, 11) is 4.28. The fourth-order valence-corrected chi connectivity index (χ4v) is 2.52. The van der Waals surface area contributed by atoms with Gasteiger partial charge in [0.25, 0.3) is 5.91 Å². The van der Waals surface area contributed by atoms with Crippen LogP contribution in [0.1, 0.15) is 17.3 Å². The number of esters is 1. The van der Waals surface area contributed by atoms with Crippen LogP contribution in [0.4, 0.5) is 5.69 Å². The zero-order valence-corrected chi connectivity index (χ0v) is 16.1. The highest BCUT2D eigenvalue weighted by Gasteiger charge is 2.25. The van der Waals surface area contributed by atoms with Crippen molar-refractivity contribution in [3.8, 4) is 17.2 Å². The maximum Gasteiger partial charge on any atom is 0.342 e. The van der Waals surface area contributed by atoms with Gasteiger partial charge in [0.2, 0.25) is 5.75 Å². The van der Waals surface area contributed by atoms with Gasteiger partial charge in [0.1, 0.15) is 5.56 Å². The third-order valence-electron chi connectivity index (χ3n) is 3.71. The van der Waals surface area contributed by atoms with E-state index < -0.39 is 18.0 Å². The van der Waals surface area contributed by atoms with Crippen LogP contribution in [0.3, 0.4) is 0 Å². The Morgan fingerprint density at radius 2 is 1.63 bits per heavy atom. The number of carbonyl (C=O) groups is 2. The SMILES string of the molecule is COc1ccc(C(=O)OC(C)C(=O)Nc2ccccc2Cl)c(OC)c1OC. The van der Waals surface area contributed by atoms with Crippen molar-refractivity contribution in [3.63, 3.8) is 0 Å². The maximum atomic E-state index is 12.5. The molecule has 1 N–H and O–H groups in total. The fourth-order valence-electron chi connectivity index (χ4n) is 2.34. The number of para-hydroxylation sites is 1. The predicted octanol–water partition coefficient (Wildman–Crippen LogP) is 3.55. The standard InChI is InChI=1S/C19H20ClNO6/c1-11(18(22)21-14-8-6-5-7-13(14)20)27-19(23)12-9-10-15(24-2)17(26-4)16(12)25-3/h5-11H,1-4H3,(H,21,22). The minimum absolute atomic E-state index is 0.104. The highest BCUT2D eigenvalue weighted by atomic mass is 35.5. The molecule has 0 heterocycles. The smallest absolute Gasteiger partial charge is 0.342 e. The number of rotatable bonds is 7. The number of halogens is 1. The molecule has 8 heteroatoms. The molecule has 2 rings (SSSR count). The van der Waals surface area contributed by atoms with Gasteiger partial charge in [-0.05, 0) is 31.2 Å². The van der Waals surface area contributed by atoms with Crippen LogP contribution in [0.15, 0.2) is 36.4 Å². The van der Waals surface area contributed by atoms with Crippen LogP contribution < -0.4 is 19.5 Å². The third-order valence-corrected chi connectivity index (χ3v) is 4.04. The molecule has 144 valence electrons. The molecule has 2 aromatic carbocycles. The van der Waals surface area contributed by atoms with E-state index in [-0.39, 0.29) is 17.1 Å². The van der Waals surface area contributed by atoms with Crippen molar-refractivity contribution in [2.45, 2.75) is 13.0 Å². The van der Waals surface area contributed by atoms with Gasteiger partial charge in [-0.2, -0.15) is 0 Å². The average Bonchev–Trinajstić information content (AvgIpc) is 2.67. The zero-order valence-electron chi connectivity index (χ0n) is 15.4. The van der Waals surface area contributed by atoms with Crippen molar-refractivity contribution in [2.24, 2.45) is 0 Å². The first-order valence-electron chi connectivity index (χ1n) is 7.98. The Kier molecular flexibility index (Phi) is 6.90. The molecule has 1 amide bonds. The first kappa shape index (κ1) is 20.4. The summed E-state index contributed by atoms with van der Waals surface area (Å²) in [5, 5.41) is 2.99. The van der Waals surface area contributed by atoms with Crippen LogP contribution >= 0.6 is 11.6 Å². The van der Waals surface area contributed by atoms with E-state index in [1.165, 1.54) is 34.3 Å². The van der Waals surface area contributed by atoms with E-state index in [4.69, 9.17) is 30.5 Å². The first-order chi connectivity index (χ1) is 12.9. The summed E-state index contributed by atoms with van der Waals surface area (Å²) in [5.74, 6) is -0.455. The van der Waals surface area contributed by atoms with Crippen molar-refractivity contribution in [1.29, 1.82) is 0 Å². The monoisotopic (exact) mass is 393 g/mol. The number of methoxy groups -OCH3 is 3. The number of carbonyl (C=O) groups excluding carboxylic acids is 2. The van der Waals surface area contributed by atoms with Crippen molar-refractivity contribution < 1.29 is 28.5 Å². The van der Waals surface area contributed by atoms with Gasteiger partial charge in [-0.25, -0.2) is 4.79 Å². The Labute approximate surface area is 162 Å². The second-order valence-corrected chi connectivity index (χ2v) is 5.81. The molecule has 0 aliphatic rings. The third kappa shape index (κ3) is 4.62. The lowest BCUT2D eigenvalue weighted by Crippen LogP contribution is -2.30. The van der Waals surface area contributed by atoms with Crippen LogP contribution in [0.25, 0.3) is 0 Å². The zero-order chi connectivity index (χ0) is 20.0. The van der Waals surface area contributed by atoms with Gasteiger partial charge in [0.15, 0.2) is 17.6 Å². The van der Waals surface area contributed by atoms with Crippen LogP contribution in [0.5, 0.6) is 17.2 Å². The van der Waals surface area contributed by atoms with Gasteiger partial charge in [0, 0.05) is 0 Å². The van der Waals surface area contributed by atoms with Crippen LogP contribution in [-0.2, 0) is 9.53 Å². The van der Waals surface area contributed by atoms with Crippen LogP contribution in [0, 0.1) is 0 Å². The lowest BCUT2D eigenvalue weighted by Gasteiger charge is -2.17. The molecular formula is C19H20ClNO6. The number of anilines is 1. The maximum absolute atomic E-state index is 12.5. The van der Waals surface area contributed by atoms with Gasteiger partial charge in [-0.15, -0.1) is 0 Å². The molecule has 0 aromatic heterocycles. The molecule has 0 saturated heterocycles. The van der Waals surface area contributed by atoms with Crippen LogP contribution in [0.2, 0.25) is 5.02 Å². The van der Waals surface area contributed by atoms with E-state index in [1.54, 1.807) is 30.3 Å². The molecule has 1 unspecified atom stereocenters. The highest BCUT2D eigenvalue weighted by molar-refractivity contribution is 6.33. The molecule has 0 aliphatic heterocycles. The van der Waals surface area contributed by atoms with E-state index in [2.05, 4.69) is 5.32 Å². The quantitative estimate of drug-likeness (QED) is 0.724. The van der Waals surface area contributed by atoms with Crippen molar-refractivity contribution in [3.05, 3.63) is 47.0 Å². The summed E-state index contributed by atoms with van der Waals surface area (Å²) >= 11 is 6.01. The van der Waals surface area contributed by atoms with Gasteiger partial charge >= 0.3 is 5.97 Å². The molecule has 0 radical (unpaired) electrons. The summed E-state index contributed by atoms with van der Waals surface area (Å²) in [6.07, 6.45) is -1.06. The molecule has 0 spiro atoms.